The molecular weight excluding hydrogens is 524 g/mol. The summed E-state index contributed by atoms with van der Waals surface area (Å²) in [7, 11) is -6.32. The zero-order valence-corrected chi connectivity index (χ0v) is 22.6. The SMILES string of the molecule is CNS(=O)(=O)c1cc(C(=O)Nc2cc(S(=O)(=O)N3CCCCC3)ccc2N2CCCCC2)ccc1Cl. The van der Waals surface area contributed by atoms with Gasteiger partial charge in [-0.05, 0) is 75.5 Å². The van der Waals surface area contributed by atoms with E-state index in [1.165, 1.54) is 35.6 Å². The molecule has 2 N–H and O–H groups in total. The summed E-state index contributed by atoms with van der Waals surface area (Å²) in [5, 5.41) is 2.82. The molecule has 196 valence electrons. The lowest BCUT2D eigenvalue weighted by atomic mass is 10.1. The molecule has 0 radical (unpaired) electrons. The molecule has 1 amide bonds. The molecule has 0 spiro atoms. The van der Waals surface area contributed by atoms with Crippen molar-refractivity contribution >= 4 is 48.9 Å². The molecule has 2 saturated heterocycles. The van der Waals surface area contributed by atoms with Gasteiger partial charge in [-0.3, -0.25) is 4.79 Å². The van der Waals surface area contributed by atoms with Gasteiger partial charge in [0.1, 0.15) is 4.90 Å². The van der Waals surface area contributed by atoms with E-state index in [0.29, 0.717) is 18.8 Å². The molecule has 0 aromatic heterocycles. The molecular formula is C24H31ClN4O5S2. The number of halogens is 1. The highest BCUT2D eigenvalue weighted by atomic mass is 35.5. The molecule has 2 aromatic carbocycles. The van der Waals surface area contributed by atoms with Crippen LogP contribution in [0.4, 0.5) is 11.4 Å². The zero-order valence-electron chi connectivity index (χ0n) is 20.2. The summed E-state index contributed by atoms with van der Waals surface area (Å²) in [4.78, 5) is 15.3. The predicted molar refractivity (Wildman–Crippen MR) is 141 cm³/mol. The minimum absolute atomic E-state index is 0.00970. The third-order valence-electron chi connectivity index (χ3n) is 6.62. The van der Waals surface area contributed by atoms with Crippen LogP contribution in [-0.4, -0.2) is 60.3 Å². The maximum Gasteiger partial charge on any atom is 0.255 e. The minimum Gasteiger partial charge on any atom is -0.370 e. The maximum atomic E-state index is 13.3. The van der Waals surface area contributed by atoms with Crippen LogP contribution in [0.25, 0.3) is 0 Å². The number of benzene rings is 2. The standard InChI is InChI=1S/C24H31ClN4O5S2/c1-26-35(31,32)23-16-18(8-10-20(23)25)24(30)27-21-17-19(36(33,34)29-14-6-3-7-15-29)9-11-22(21)28-12-4-2-5-13-28/h8-11,16-17,26H,2-7,12-15H2,1H3,(H,27,30). The number of hydrogen-bond acceptors (Lipinski definition) is 6. The summed E-state index contributed by atoms with van der Waals surface area (Å²) in [5.74, 6) is -0.565. The molecule has 2 heterocycles. The van der Waals surface area contributed by atoms with Gasteiger partial charge >= 0.3 is 0 Å². The number of carbonyl (C=O) groups excluding carboxylic acids is 1. The molecule has 0 bridgehead atoms. The summed E-state index contributed by atoms with van der Waals surface area (Å²) in [6.07, 6.45) is 5.78. The fourth-order valence-corrected chi connectivity index (χ4v) is 7.39. The molecule has 12 heteroatoms. The Bertz CT molecular complexity index is 1340. The first kappa shape index (κ1) is 26.9. The molecule has 0 atom stereocenters. The highest BCUT2D eigenvalue weighted by Crippen LogP contribution is 2.33. The first-order valence-electron chi connectivity index (χ1n) is 12.1. The van der Waals surface area contributed by atoms with E-state index in [9.17, 15) is 21.6 Å². The fraction of sp³-hybridized carbons (Fsp3) is 0.458. The largest absolute Gasteiger partial charge is 0.370 e. The van der Waals surface area contributed by atoms with Crippen molar-refractivity contribution in [1.82, 2.24) is 9.03 Å². The van der Waals surface area contributed by atoms with Crippen LogP contribution < -0.4 is 14.9 Å². The van der Waals surface area contributed by atoms with Crippen LogP contribution in [0.5, 0.6) is 0 Å². The van der Waals surface area contributed by atoms with Crippen molar-refractivity contribution in [3.05, 3.63) is 47.0 Å². The number of nitrogens with one attached hydrogen (secondary N) is 2. The summed E-state index contributed by atoms with van der Waals surface area (Å²) in [5.41, 5.74) is 1.19. The highest BCUT2D eigenvalue weighted by molar-refractivity contribution is 7.89. The van der Waals surface area contributed by atoms with Crippen molar-refractivity contribution < 1.29 is 21.6 Å². The Hall–Kier alpha value is -2.18. The Kier molecular flexibility index (Phi) is 8.25. The Morgan fingerprint density at radius 2 is 1.50 bits per heavy atom. The molecule has 2 aliphatic heterocycles. The zero-order chi connectivity index (χ0) is 25.9. The second-order valence-corrected chi connectivity index (χ2v) is 13.2. The number of anilines is 2. The lowest BCUT2D eigenvalue weighted by Crippen LogP contribution is -2.36. The lowest BCUT2D eigenvalue weighted by molar-refractivity contribution is 0.102. The Morgan fingerprint density at radius 3 is 2.14 bits per heavy atom. The average molecular weight is 555 g/mol. The van der Waals surface area contributed by atoms with Crippen molar-refractivity contribution in [2.45, 2.75) is 48.3 Å². The summed E-state index contributed by atoms with van der Waals surface area (Å²) < 4.78 is 55.0. The lowest BCUT2D eigenvalue weighted by Gasteiger charge is -2.31. The molecule has 9 nitrogen and oxygen atoms in total. The normalized spacial score (nSPS) is 17.7. The van der Waals surface area contributed by atoms with Crippen LogP contribution in [0.2, 0.25) is 5.02 Å². The van der Waals surface area contributed by atoms with E-state index in [1.807, 2.05) is 0 Å². The van der Waals surface area contributed by atoms with Gasteiger partial charge < -0.3 is 10.2 Å². The summed E-state index contributed by atoms with van der Waals surface area (Å²) in [6, 6.07) is 8.84. The van der Waals surface area contributed by atoms with Gasteiger partial charge in [-0.15, -0.1) is 0 Å². The third-order valence-corrected chi connectivity index (χ3v) is 10.4. The van der Waals surface area contributed by atoms with Crippen molar-refractivity contribution in [1.29, 1.82) is 0 Å². The number of hydrogen-bond donors (Lipinski definition) is 2. The van der Waals surface area contributed by atoms with Crippen LogP contribution in [0.15, 0.2) is 46.2 Å². The summed E-state index contributed by atoms with van der Waals surface area (Å²) >= 11 is 6.07. The van der Waals surface area contributed by atoms with Crippen molar-refractivity contribution in [2.75, 3.05) is 43.4 Å². The second-order valence-electron chi connectivity index (χ2n) is 9.00. The molecule has 2 fully saturated rings. The van der Waals surface area contributed by atoms with Gasteiger partial charge in [0.15, 0.2) is 0 Å². The Morgan fingerprint density at radius 1 is 0.861 bits per heavy atom. The van der Waals surface area contributed by atoms with Crippen LogP contribution >= 0.6 is 11.6 Å². The van der Waals surface area contributed by atoms with Gasteiger partial charge in [-0.1, -0.05) is 18.0 Å². The molecule has 0 unspecified atom stereocenters. The molecule has 0 aliphatic carbocycles. The van der Waals surface area contributed by atoms with E-state index >= 15 is 0 Å². The number of rotatable bonds is 7. The van der Waals surface area contributed by atoms with E-state index in [-0.39, 0.29) is 20.4 Å². The number of nitrogens with zero attached hydrogens (tertiary/aromatic N) is 2. The van der Waals surface area contributed by atoms with E-state index in [2.05, 4.69) is 14.9 Å². The highest BCUT2D eigenvalue weighted by Gasteiger charge is 2.28. The fourth-order valence-electron chi connectivity index (χ4n) is 4.60. The van der Waals surface area contributed by atoms with Crippen molar-refractivity contribution in [2.24, 2.45) is 0 Å². The number of carbonyl (C=O) groups is 1. The Balaban J connectivity index is 1.71. The average Bonchev–Trinajstić information content (AvgIpc) is 2.89. The van der Waals surface area contributed by atoms with Crippen LogP contribution in [0.3, 0.4) is 0 Å². The maximum absolute atomic E-state index is 13.3. The smallest absolute Gasteiger partial charge is 0.255 e. The first-order valence-corrected chi connectivity index (χ1v) is 15.4. The minimum atomic E-state index is -3.88. The quantitative estimate of drug-likeness (QED) is 0.539. The van der Waals surface area contributed by atoms with Gasteiger partial charge in [0.05, 0.1) is 21.3 Å². The topological polar surface area (TPSA) is 116 Å². The van der Waals surface area contributed by atoms with E-state index in [4.69, 9.17) is 11.6 Å². The van der Waals surface area contributed by atoms with Gasteiger partial charge in [0.2, 0.25) is 20.0 Å². The number of sulfonamides is 2. The predicted octanol–water partition coefficient (Wildman–Crippen LogP) is 3.67. The van der Waals surface area contributed by atoms with Gasteiger partial charge in [0, 0.05) is 31.7 Å². The second kappa shape index (κ2) is 11.1. The molecule has 0 saturated carbocycles. The van der Waals surface area contributed by atoms with E-state index in [0.717, 1.165) is 57.3 Å². The van der Waals surface area contributed by atoms with E-state index < -0.39 is 26.0 Å². The first-order chi connectivity index (χ1) is 17.1. The van der Waals surface area contributed by atoms with Crippen molar-refractivity contribution in [3.63, 3.8) is 0 Å². The van der Waals surface area contributed by atoms with Crippen LogP contribution in [0.1, 0.15) is 48.9 Å². The molecule has 2 aliphatic rings. The molecule has 2 aromatic rings. The molecule has 4 rings (SSSR count). The van der Waals surface area contributed by atoms with Gasteiger partial charge in [-0.25, -0.2) is 21.6 Å². The van der Waals surface area contributed by atoms with Gasteiger partial charge in [0.25, 0.3) is 5.91 Å². The summed E-state index contributed by atoms with van der Waals surface area (Å²) in [6.45, 7) is 2.55. The van der Waals surface area contributed by atoms with Crippen LogP contribution in [0, 0.1) is 0 Å². The monoisotopic (exact) mass is 554 g/mol. The van der Waals surface area contributed by atoms with E-state index in [1.54, 1.807) is 12.1 Å². The number of piperidine rings is 2. The third kappa shape index (κ3) is 5.70. The van der Waals surface area contributed by atoms with Crippen molar-refractivity contribution in [3.8, 4) is 0 Å². The molecule has 36 heavy (non-hydrogen) atoms. The Labute approximate surface area is 217 Å². The number of amides is 1. The van der Waals surface area contributed by atoms with Crippen LogP contribution in [-0.2, 0) is 20.0 Å². The van der Waals surface area contributed by atoms with Gasteiger partial charge in [-0.2, -0.15) is 4.31 Å².